The number of carbonyl (C=O) groups is 1. The molecule has 0 bridgehead atoms. The molecule has 0 aliphatic heterocycles. The molecule has 1 aromatic rings. The van der Waals surface area contributed by atoms with E-state index in [1.54, 1.807) is 0 Å². The van der Waals surface area contributed by atoms with Gasteiger partial charge in [-0.3, -0.25) is 4.79 Å². The van der Waals surface area contributed by atoms with Crippen molar-refractivity contribution >= 4 is 5.78 Å². The molecule has 94 valence electrons. The van der Waals surface area contributed by atoms with Crippen molar-refractivity contribution in [3.63, 3.8) is 0 Å². The molecule has 1 atom stereocenters. The first-order valence-corrected chi connectivity index (χ1v) is 5.14. The Morgan fingerprint density at radius 3 is 2.12 bits per heavy atom. The Morgan fingerprint density at radius 1 is 1.24 bits per heavy atom. The molecule has 0 amide bonds. The number of halogens is 3. The van der Waals surface area contributed by atoms with Crippen LogP contribution in [-0.4, -0.2) is 16.0 Å². The van der Waals surface area contributed by atoms with Crippen LogP contribution in [-0.2, 0) is 11.0 Å². The number of Topliss-reactive ketones (excluding diaryl/α,β-unsaturated/α-hetero) is 1. The fraction of sp³-hybridized carbons (Fsp3) is 0.545. The minimum Gasteiger partial charge on any atom is -0.299 e. The van der Waals surface area contributed by atoms with Crippen molar-refractivity contribution in [1.82, 2.24) is 10.2 Å². The fourth-order valence-electron chi connectivity index (χ4n) is 1.68. The van der Waals surface area contributed by atoms with Crippen molar-refractivity contribution in [2.75, 3.05) is 0 Å². The third-order valence-electron chi connectivity index (χ3n) is 2.40. The molecule has 1 rings (SSSR count). The van der Waals surface area contributed by atoms with Crippen LogP contribution >= 0.6 is 0 Å². The summed E-state index contributed by atoms with van der Waals surface area (Å²) in [6, 6.07) is 2.06. The van der Waals surface area contributed by atoms with E-state index < -0.39 is 17.8 Å². The number of carbonyl (C=O) groups excluding carboxylic acids is 1. The van der Waals surface area contributed by atoms with E-state index in [0.29, 0.717) is 0 Å². The maximum atomic E-state index is 12.3. The number of alkyl halides is 3. The summed E-state index contributed by atoms with van der Waals surface area (Å²) < 4.78 is 36.8. The molecule has 6 heteroatoms. The summed E-state index contributed by atoms with van der Waals surface area (Å²) in [4.78, 5) is 11.4. The first-order valence-electron chi connectivity index (χ1n) is 5.14. The van der Waals surface area contributed by atoms with Crippen LogP contribution in [0.15, 0.2) is 12.1 Å². The van der Waals surface area contributed by atoms with Gasteiger partial charge in [0.1, 0.15) is 5.78 Å². The van der Waals surface area contributed by atoms with Crippen molar-refractivity contribution in [1.29, 1.82) is 0 Å². The summed E-state index contributed by atoms with van der Waals surface area (Å²) in [7, 11) is 0. The molecule has 1 aromatic heterocycles. The largest absolute Gasteiger partial charge is 0.435 e. The van der Waals surface area contributed by atoms with Gasteiger partial charge in [0.25, 0.3) is 0 Å². The third kappa shape index (κ3) is 3.25. The van der Waals surface area contributed by atoms with Gasteiger partial charge >= 0.3 is 6.18 Å². The van der Waals surface area contributed by atoms with E-state index in [1.165, 1.54) is 13.0 Å². The highest BCUT2D eigenvalue weighted by atomic mass is 19.4. The van der Waals surface area contributed by atoms with Gasteiger partial charge < -0.3 is 0 Å². The summed E-state index contributed by atoms with van der Waals surface area (Å²) in [6.45, 7) is 5.01. The number of nitrogens with zero attached hydrogens (tertiary/aromatic N) is 2. The molecule has 17 heavy (non-hydrogen) atoms. The van der Waals surface area contributed by atoms with Gasteiger partial charge in [-0.15, -0.1) is 5.10 Å². The number of ketones is 1. The van der Waals surface area contributed by atoms with E-state index in [1.807, 2.05) is 13.8 Å². The van der Waals surface area contributed by atoms with Gasteiger partial charge in [0.2, 0.25) is 0 Å². The monoisotopic (exact) mass is 246 g/mol. The average Bonchev–Trinajstić information content (AvgIpc) is 2.15. The van der Waals surface area contributed by atoms with Crippen molar-refractivity contribution in [2.24, 2.45) is 5.92 Å². The Balaban J connectivity index is 3.05. The first-order chi connectivity index (χ1) is 7.73. The SMILES string of the molecule is CC(=O)C(c1ccc(C(F)(F)F)nn1)C(C)C. The predicted octanol–water partition coefficient (Wildman–Crippen LogP) is 2.82. The lowest BCUT2D eigenvalue weighted by Crippen LogP contribution is -2.18. The second-order valence-electron chi connectivity index (χ2n) is 4.17. The van der Waals surface area contributed by atoms with E-state index >= 15 is 0 Å². The molecular weight excluding hydrogens is 233 g/mol. The van der Waals surface area contributed by atoms with Gasteiger partial charge in [-0.1, -0.05) is 13.8 Å². The normalized spacial score (nSPS) is 13.8. The number of rotatable bonds is 3. The lowest BCUT2D eigenvalue weighted by atomic mass is 9.89. The van der Waals surface area contributed by atoms with Crippen LogP contribution in [0.4, 0.5) is 13.2 Å². The average molecular weight is 246 g/mol. The van der Waals surface area contributed by atoms with E-state index in [-0.39, 0.29) is 17.4 Å². The van der Waals surface area contributed by atoms with E-state index in [9.17, 15) is 18.0 Å². The third-order valence-corrected chi connectivity index (χ3v) is 2.40. The van der Waals surface area contributed by atoms with Crippen molar-refractivity contribution in [3.05, 3.63) is 23.5 Å². The Hall–Kier alpha value is -1.46. The zero-order valence-electron chi connectivity index (χ0n) is 9.75. The van der Waals surface area contributed by atoms with E-state index in [2.05, 4.69) is 10.2 Å². The quantitative estimate of drug-likeness (QED) is 0.823. The summed E-state index contributed by atoms with van der Waals surface area (Å²) in [5, 5.41) is 6.61. The maximum absolute atomic E-state index is 12.3. The van der Waals surface area contributed by atoms with Gasteiger partial charge in [0.15, 0.2) is 5.69 Å². The van der Waals surface area contributed by atoms with Gasteiger partial charge in [0, 0.05) is 0 Å². The van der Waals surface area contributed by atoms with Crippen LogP contribution in [0.2, 0.25) is 0 Å². The van der Waals surface area contributed by atoms with Crippen molar-refractivity contribution < 1.29 is 18.0 Å². The molecule has 0 saturated heterocycles. The zero-order valence-corrected chi connectivity index (χ0v) is 9.75. The highest BCUT2D eigenvalue weighted by Crippen LogP contribution is 2.29. The lowest BCUT2D eigenvalue weighted by Gasteiger charge is -2.16. The van der Waals surface area contributed by atoms with Gasteiger partial charge in [-0.2, -0.15) is 18.3 Å². The second-order valence-corrected chi connectivity index (χ2v) is 4.17. The molecule has 0 aromatic carbocycles. The van der Waals surface area contributed by atoms with Crippen LogP contribution in [0.1, 0.15) is 38.1 Å². The van der Waals surface area contributed by atoms with E-state index in [0.717, 1.165) is 6.07 Å². The molecular formula is C11H13F3N2O. The number of aromatic nitrogens is 2. The van der Waals surface area contributed by atoms with Gasteiger partial charge in [0.05, 0.1) is 11.6 Å². The van der Waals surface area contributed by atoms with Crippen LogP contribution in [0.3, 0.4) is 0 Å². The van der Waals surface area contributed by atoms with Gasteiger partial charge in [-0.05, 0) is 25.0 Å². The summed E-state index contributed by atoms with van der Waals surface area (Å²) in [6.07, 6.45) is -4.50. The topological polar surface area (TPSA) is 42.9 Å². The Kier molecular flexibility index (Phi) is 3.85. The van der Waals surface area contributed by atoms with Crippen molar-refractivity contribution in [3.8, 4) is 0 Å². The van der Waals surface area contributed by atoms with Crippen LogP contribution in [0.25, 0.3) is 0 Å². The first kappa shape index (κ1) is 13.6. The fourth-order valence-corrected chi connectivity index (χ4v) is 1.68. The molecule has 1 unspecified atom stereocenters. The van der Waals surface area contributed by atoms with Crippen LogP contribution in [0, 0.1) is 5.92 Å². The molecule has 0 aliphatic rings. The smallest absolute Gasteiger partial charge is 0.299 e. The zero-order chi connectivity index (χ0) is 13.2. The maximum Gasteiger partial charge on any atom is 0.435 e. The number of hydrogen-bond acceptors (Lipinski definition) is 3. The minimum atomic E-state index is -4.50. The molecule has 0 saturated carbocycles. The molecule has 1 heterocycles. The molecule has 0 aliphatic carbocycles. The Labute approximate surface area is 97.1 Å². The van der Waals surface area contributed by atoms with Crippen LogP contribution < -0.4 is 0 Å². The number of hydrogen-bond donors (Lipinski definition) is 0. The highest BCUT2D eigenvalue weighted by molar-refractivity contribution is 5.83. The summed E-state index contributed by atoms with van der Waals surface area (Å²) in [5.41, 5.74) is -0.771. The molecule has 3 nitrogen and oxygen atoms in total. The molecule has 0 N–H and O–H groups in total. The lowest BCUT2D eigenvalue weighted by molar-refractivity contribution is -0.141. The minimum absolute atomic E-state index is 0.0291. The van der Waals surface area contributed by atoms with Crippen LogP contribution in [0.5, 0.6) is 0 Å². The Bertz CT molecular complexity index is 398. The predicted molar refractivity (Wildman–Crippen MR) is 55.3 cm³/mol. The molecule has 0 fully saturated rings. The summed E-state index contributed by atoms with van der Waals surface area (Å²) >= 11 is 0. The van der Waals surface area contributed by atoms with Gasteiger partial charge in [-0.25, -0.2) is 0 Å². The van der Waals surface area contributed by atoms with Crippen molar-refractivity contribution in [2.45, 2.75) is 32.9 Å². The molecule has 0 radical (unpaired) electrons. The second kappa shape index (κ2) is 4.81. The molecule has 0 spiro atoms. The summed E-state index contributed by atoms with van der Waals surface area (Å²) in [5.74, 6) is -0.669. The Morgan fingerprint density at radius 2 is 1.82 bits per heavy atom. The van der Waals surface area contributed by atoms with E-state index in [4.69, 9.17) is 0 Å². The highest BCUT2D eigenvalue weighted by Gasteiger charge is 2.33. The standard InChI is InChI=1S/C11H13F3N2O/c1-6(2)10(7(3)17)8-4-5-9(16-15-8)11(12,13)14/h4-6,10H,1-3H3.